The van der Waals surface area contributed by atoms with Crippen molar-refractivity contribution in [3.63, 3.8) is 0 Å². The molecule has 94 valence electrons. The third kappa shape index (κ3) is 2.08. The van der Waals surface area contributed by atoms with Crippen molar-refractivity contribution in [2.75, 3.05) is 18.0 Å². The fraction of sp³-hybridized carbons (Fsp3) is 0.545. The second kappa shape index (κ2) is 3.85. The van der Waals surface area contributed by atoms with Crippen molar-refractivity contribution in [1.29, 1.82) is 0 Å². The van der Waals surface area contributed by atoms with Crippen LogP contribution >= 0.6 is 0 Å². The van der Waals surface area contributed by atoms with Crippen molar-refractivity contribution in [2.45, 2.75) is 20.3 Å². The Kier molecular flexibility index (Phi) is 2.75. The summed E-state index contributed by atoms with van der Waals surface area (Å²) in [6.07, 6.45) is 0.706. The highest BCUT2D eigenvalue weighted by Gasteiger charge is 2.34. The number of pyridine rings is 1. The lowest BCUT2D eigenvalue weighted by Gasteiger charge is -2.22. The van der Waals surface area contributed by atoms with E-state index in [4.69, 9.17) is 0 Å². The number of aromatic nitrogens is 1. The Morgan fingerprint density at radius 1 is 1.06 bits per heavy atom. The molecule has 0 N–H and O–H groups in total. The molecule has 0 radical (unpaired) electrons. The van der Waals surface area contributed by atoms with Crippen molar-refractivity contribution in [2.24, 2.45) is 5.41 Å². The van der Waals surface area contributed by atoms with E-state index in [0.717, 1.165) is 0 Å². The van der Waals surface area contributed by atoms with E-state index in [1.807, 2.05) is 13.8 Å². The van der Waals surface area contributed by atoms with Gasteiger partial charge in [-0.25, -0.2) is 0 Å². The van der Waals surface area contributed by atoms with E-state index in [-0.39, 0.29) is 5.41 Å². The first-order valence-corrected chi connectivity index (χ1v) is 5.27. The standard InChI is InChI=1S/C11H12F4N2/c1-11(2)3-4-17(5-11)8-6(12)9(14)16-10(15)7(8)13/h3-5H2,1-2H3. The highest BCUT2D eigenvalue weighted by Crippen LogP contribution is 2.35. The maximum Gasteiger partial charge on any atom is 0.253 e. The molecule has 1 fully saturated rings. The van der Waals surface area contributed by atoms with E-state index >= 15 is 0 Å². The van der Waals surface area contributed by atoms with Gasteiger partial charge in [0.2, 0.25) is 11.6 Å². The second-order valence-electron chi connectivity index (χ2n) is 5.01. The zero-order valence-corrected chi connectivity index (χ0v) is 9.53. The number of anilines is 1. The summed E-state index contributed by atoms with van der Waals surface area (Å²) < 4.78 is 52.8. The molecule has 2 heterocycles. The molecule has 17 heavy (non-hydrogen) atoms. The fourth-order valence-electron chi connectivity index (χ4n) is 2.06. The Labute approximate surface area is 96.3 Å². The van der Waals surface area contributed by atoms with Crippen LogP contribution in [-0.4, -0.2) is 18.1 Å². The minimum atomic E-state index is -1.61. The van der Waals surface area contributed by atoms with Gasteiger partial charge in [0.1, 0.15) is 5.69 Å². The molecule has 0 saturated carbocycles. The summed E-state index contributed by atoms with van der Waals surface area (Å²) in [4.78, 5) is 3.85. The maximum absolute atomic E-state index is 13.5. The first kappa shape index (κ1) is 12.1. The molecule has 0 atom stereocenters. The normalized spacial score (nSPS) is 18.8. The van der Waals surface area contributed by atoms with E-state index in [1.165, 1.54) is 4.90 Å². The monoisotopic (exact) mass is 248 g/mol. The van der Waals surface area contributed by atoms with Gasteiger partial charge in [-0.3, -0.25) is 0 Å². The van der Waals surface area contributed by atoms with Crippen LogP contribution in [0.1, 0.15) is 20.3 Å². The lowest BCUT2D eigenvalue weighted by Crippen LogP contribution is -2.26. The van der Waals surface area contributed by atoms with Crippen LogP contribution in [0.15, 0.2) is 0 Å². The summed E-state index contributed by atoms with van der Waals surface area (Å²) in [6.45, 7) is 4.57. The first-order chi connectivity index (χ1) is 7.82. The van der Waals surface area contributed by atoms with Crippen molar-refractivity contribution in [3.8, 4) is 0 Å². The third-order valence-electron chi connectivity index (χ3n) is 2.97. The molecule has 1 aliphatic rings. The summed E-state index contributed by atoms with van der Waals surface area (Å²) in [5, 5.41) is 0. The van der Waals surface area contributed by atoms with Gasteiger partial charge in [-0.1, -0.05) is 13.8 Å². The topological polar surface area (TPSA) is 16.1 Å². The van der Waals surface area contributed by atoms with Gasteiger partial charge < -0.3 is 4.90 Å². The van der Waals surface area contributed by atoms with Crippen LogP contribution in [0, 0.1) is 28.9 Å². The van der Waals surface area contributed by atoms with Crippen LogP contribution in [-0.2, 0) is 0 Å². The third-order valence-corrected chi connectivity index (χ3v) is 2.97. The Hall–Kier alpha value is -1.33. The van der Waals surface area contributed by atoms with Crippen LogP contribution in [0.3, 0.4) is 0 Å². The van der Waals surface area contributed by atoms with Gasteiger partial charge >= 0.3 is 0 Å². The van der Waals surface area contributed by atoms with Crippen molar-refractivity contribution < 1.29 is 17.6 Å². The summed E-state index contributed by atoms with van der Waals surface area (Å²) in [5.41, 5.74) is -0.782. The molecular formula is C11H12F4N2. The van der Waals surface area contributed by atoms with Gasteiger partial charge in [0.15, 0.2) is 0 Å². The second-order valence-corrected chi connectivity index (χ2v) is 5.01. The molecule has 1 aliphatic heterocycles. The average molecular weight is 248 g/mol. The van der Waals surface area contributed by atoms with E-state index in [0.29, 0.717) is 19.5 Å². The Morgan fingerprint density at radius 2 is 1.59 bits per heavy atom. The van der Waals surface area contributed by atoms with Gasteiger partial charge in [-0.05, 0) is 11.8 Å². The predicted molar refractivity (Wildman–Crippen MR) is 54.7 cm³/mol. The minimum absolute atomic E-state index is 0.130. The van der Waals surface area contributed by atoms with E-state index in [1.54, 1.807) is 0 Å². The highest BCUT2D eigenvalue weighted by molar-refractivity contribution is 5.49. The smallest absolute Gasteiger partial charge is 0.253 e. The number of halogens is 4. The van der Waals surface area contributed by atoms with Gasteiger partial charge in [0, 0.05) is 13.1 Å². The van der Waals surface area contributed by atoms with Crippen molar-refractivity contribution >= 4 is 5.69 Å². The van der Waals surface area contributed by atoms with E-state index in [9.17, 15) is 17.6 Å². The molecule has 2 rings (SSSR count). The largest absolute Gasteiger partial charge is 0.366 e. The van der Waals surface area contributed by atoms with Crippen LogP contribution in [0.2, 0.25) is 0 Å². The molecule has 1 aromatic rings. The molecule has 6 heteroatoms. The Morgan fingerprint density at radius 3 is 2.00 bits per heavy atom. The zero-order chi connectivity index (χ0) is 12.8. The maximum atomic E-state index is 13.5. The van der Waals surface area contributed by atoms with E-state index in [2.05, 4.69) is 4.98 Å². The van der Waals surface area contributed by atoms with Gasteiger partial charge in [0.25, 0.3) is 11.9 Å². The summed E-state index contributed by atoms with van der Waals surface area (Å²) in [6, 6.07) is 0. The average Bonchev–Trinajstić information content (AvgIpc) is 2.56. The molecule has 0 bridgehead atoms. The molecule has 0 aliphatic carbocycles. The molecular weight excluding hydrogens is 236 g/mol. The zero-order valence-electron chi connectivity index (χ0n) is 9.53. The molecule has 0 aromatic carbocycles. The summed E-state index contributed by atoms with van der Waals surface area (Å²) in [7, 11) is 0. The summed E-state index contributed by atoms with van der Waals surface area (Å²) >= 11 is 0. The molecule has 1 saturated heterocycles. The van der Waals surface area contributed by atoms with Crippen molar-refractivity contribution in [1.82, 2.24) is 4.98 Å². The minimum Gasteiger partial charge on any atom is -0.366 e. The lowest BCUT2D eigenvalue weighted by atomic mass is 9.93. The molecule has 2 nitrogen and oxygen atoms in total. The Bertz CT molecular complexity index is 433. The quantitative estimate of drug-likeness (QED) is 0.561. The lowest BCUT2D eigenvalue weighted by molar-refractivity contribution is 0.400. The SMILES string of the molecule is CC1(C)CCN(c2c(F)c(F)nc(F)c2F)C1. The first-order valence-electron chi connectivity index (χ1n) is 5.27. The highest BCUT2D eigenvalue weighted by atomic mass is 19.2. The van der Waals surface area contributed by atoms with Gasteiger partial charge in [-0.2, -0.15) is 22.5 Å². The van der Waals surface area contributed by atoms with Crippen LogP contribution in [0.5, 0.6) is 0 Å². The number of hydrogen-bond acceptors (Lipinski definition) is 2. The molecule has 0 spiro atoms. The molecule has 1 aromatic heterocycles. The van der Waals surface area contributed by atoms with Crippen LogP contribution in [0.4, 0.5) is 23.2 Å². The predicted octanol–water partition coefficient (Wildman–Crippen LogP) is 2.87. The van der Waals surface area contributed by atoms with Crippen LogP contribution in [0.25, 0.3) is 0 Å². The molecule has 0 unspecified atom stereocenters. The number of hydrogen-bond donors (Lipinski definition) is 0. The molecule has 0 amide bonds. The van der Waals surface area contributed by atoms with Gasteiger partial charge in [-0.15, -0.1) is 0 Å². The number of rotatable bonds is 1. The van der Waals surface area contributed by atoms with E-state index < -0.39 is 29.2 Å². The Balaban J connectivity index is 2.46. The van der Waals surface area contributed by atoms with Crippen LogP contribution < -0.4 is 4.90 Å². The number of nitrogens with zero attached hydrogens (tertiary/aromatic N) is 2. The van der Waals surface area contributed by atoms with Gasteiger partial charge in [0.05, 0.1) is 0 Å². The van der Waals surface area contributed by atoms with Crippen molar-refractivity contribution in [3.05, 3.63) is 23.5 Å². The fourth-order valence-corrected chi connectivity index (χ4v) is 2.06. The summed E-state index contributed by atoms with van der Waals surface area (Å²) in [5.74, 6) is -6.07.